The van der Waals surface area contributed by atoms with E-state index in [1.807, 2.05) is 29.2 Å². The van der Waals surface area contributed by atoms with Crippen LogP contribution in [-0.2, 0) is 19.4 Å². The summed E-state index contributed by atoms with van der Waals surface area (Å²) < 4.78 is 28.7. The first-order valence-electron chi connectivity index (χ1n) is 10.0. The number of amides is 2. The normalized spacial score (nSPS) is 26.8. The molecule has 8 nitrogen and oxygen atoms in total. The molecule has 9 heteroatoms. The number of hydrogen-bond donors (Lipinski definition) is 0. The molecule has 158 valence electrons. The van der Waals surface area contributed by atoms with Crippen LogP contribution in [0.5, 0.6) is 5.75 Å². The van der Waals surface area contributed by atoms with Gasteiger partial charge in [0.15, 0.2) is 9.84 Å². The average Bonchev–Trinajstić information content (AvgIpc) is 3.29. The number of nitrogens with zero attached hydrogens (tertiary/aromatic N) is 3. The van der Waals surface area contributed by atoms with E-state index < -0.39 is 9.84 Å². The molecule has 0 bridgehead atoms. The third kappa shape index (κ3) is 4.19. The summed E-state index contributed by atoms with van der Waals surface area (Å²) in [6, 6.07) is 7.61. The van der Waals surface area contributed by atoms with Crippen molar-refractivity contribution < 1.29 is 22.7 Å². The van der Waals surface area contributed by atoms with E-state index in [1.165, 1.54) is 0 Å². The molecule has 3 saturated heterocycles. The van der Waals surface area contributed by atoms with Crippen molar-refractivity contribution in [2.24, 2.45) is 5.92 Å². The molecule has 0 N–H and O–H groups in total. The minimum atomic E-state index is -3.06. The van der Waals surface area contributed by atoms with Crippen LogP contribution in [0.4, 0.5) is 5.69 Å². The Balaban J connectivity index is 1.33. The highest BCUT2D eigenvalue weighted by molar-refractivity contribution is 7.91. The minimum absolute atomic E-state index is 0.00648. The van der Waals surface area contributed by atoms with Gasteiger partial charge in [-0.1, -0.05) is 6.07 Å². The molecule has 1 aromatic rings. The lowest BCUT2D eigenvalue weighted by Crippen LogP contribution is -2.50. The molecular formula is C20H27N3O5S. The maximum Gasteiger partial charge on any atom is 0.228 e. The van der Waals surface area contributed by atoms with Crippen molar-refractivity contribution in [2.75, 3.05) is 56.2 Å². The van der Waals surface area contributed by atoms with Gasteiger partial charge < -0.3 is 19.4 Å². The summed E-state index contributed by atoms with van der Waals surface area (Å²) in [6.45, 7) is 3.01. The molecule has 0 unspecified atom stereocenters. The standard InChI is InChI=1S/C20H27N3O5S/c1-28-18-4-2-3-16(12-18)21-6-8-22(9-7-21)20(25)15-11-19(24)23(13-15)17-5-10-29(26,27)14-17/h2-4,12,15,17H,5-11,13-14H2,1H3/t15-,17-/m0/s1. The van der Waals surface area contributed by atoms with E-state index in [2.05, 4.69) is 4.90 Å². The molecule has 0 spiro atoms. The SMILES string of the molecule is COc1cccc(N2CCN(C(=O)[C@H]3CC(=O)N([C@H]4CCS(=O)(=O)C4)C3)CC2)c1. The predicted molar refractivity (Wildman–Crippen MR) is 109 cm³/mol. The van der Waals surface area contributed by atoms with Gasteiger partial charge in [-0.05, 0) is 18.6 Å². The topological polar surface area (TPSA) is 87.2 Å². The summed E-state index contributed by atoms with van der Waals surface area (Å²) in [5.41, 5.74) is 1.07. The third-order valence-electron chi connectivity index (χ3n) is 6.17. The Morgan fingerprint density at radius 1 is 1.17 bits per heavy atom. The molecule has 3 aliphatic rings. The van der Waals surface area contributed by atoms with Crippen LogP contribution in [0, 0.1) is 5.92 Å². The van der Waals surface area contributed by atoms with E-state index in [9.17, 15) is 18.0 Å². The lowest BCUT2D eigenvalue weighted by molar-refractivity contribution is -0.136. The molecule has 0 saturated carbocycles. The third-order valence-corrected chi connectivity index (χ3v) is 7.92. The predicted octanol–water partition coefficient (Wildman–Crippen LogP) is 0.379. The van der Waals surface area contributed by atoms with Crippen LogP contribution in [0.3, 0.4) is 0 Å². The van der Waals surface area contributed by atoms with Crippen LogP contribution >= 0.6 is 0 Å². The van der Waals surface area contributed by atoms with Crippen LogP contribution in [0.15, 0.2) is 24.3 Å². The Hall–Kier alpha value is -2.29. The lowest BCUT2D eigenvalue weighted by Gasteiger charge is -2.37. The Kier molecular flexibility index (Phi) is 5.42. The fraction of sp³-hybridized carbons (Fsp3) is 0.600. The zero-order valence-electron chi connectivity index (χ0n) is 16.6. The van der Waals surface area contributed by atoms with E-state index in [-0.39, 0.29) is 41.7 Å². The van der Waals surface area contributed by atoms with Gasteiger partial charge in [0.1, 0.15) is 5.75 Å². The Morgan fingerprint density at radius 2 is 1.93 bits per heavy atom. The second-order valence-electron chi connectivity index (χ2n) is 8.02. The smallest absolute Gasteiger partial charge is 0.228 e. The highest BCUT2D eigenvalue weighted by atomic mass is 32.2. The van der Waals surface area contributed by atoms with Crippen molar-refractivity contribution in [1.29, 1.82) is 0 Å². The molecule has 3 aliphatic heterocycles. The fourth-order valence-corrected chi connectivity index (χ4v) is 6.25. The van der Waals surface area contributed by atoms with Crippen LogP contribution in [0.25, 0.3) is 0 Å². The summed E-state index contributed by atoms with van der Waals surface area (Å²) >= 11 is 0. The minimum Gasteiger partial charge on any atom is -0.497 e. The maximum atomic E-state index is 13.0. The number of methoxy groups -OCH3 is 1. The highest BCUT2D eigenvalue weighted by Crippen LogP contribution is 2.28. The van der Waals surface area contributed by atoms with Gasteiger partial charge in [-0.2, -0.15) is 0 Å². The number of carbonyl (C=O) groups excluding carboxylic acids is 2. The van der Waals surface area contributed by atoms with Crippen LogP contribution in [0.1, 0.15) is 12.8 Å². The van der Waals surface area contributed by atoms with Crippen LogP contribution < -0.4 is 9.64 Å². The second-order valence-corrected chi connectivity index (χ2v) is 10.2. The van der Waals surface area contributed by atoms with Crippen molar-refractivity contribution in [1.82, 2.24) is 9.80 Å². The van der Waals surface area contributed by atoms with Crippen molar-refractivity contribution in [2.45, 2.75) is 18.9 Å². The molecular weight excluding hydrogens is 394 g/mol. The molecule has 3 fully saturated rings. The van der Waals surface area contributed by atoms with Crippen molar-refractivity contribution >= 4 is 27.3 Å². The van der Waals surface area contributed by atoms with Gasteiger partial charge in [-0.3, -0.25) is 9.59 Å². The number of anilines is 1. The van der Waals surface area contributed by atoms with Crippen molar-refractivity contribution in [3.05, 3.63) is 24.3 Å². The average molecular weight is 422 g/mol. The van der Waals surface area contributed by atoms with E-state index >= 15 is 0 Å². The number of rotatable bonds is 4. The molecule has 0 aliphatic carbocycles. The van der Waals surface area contributed by atoms with Crippen molar-refractivity contribution in [3.63, 3.8) is 0 Å². The second kappa shape index (κ2) is 7.85. The largest absolute Gasteiger partial charge is 0.497 e. The monoisotopic (exact) mass is 421 g/mol. The van der Waals surface area contributed by atoms with Crippen molar-refractivity contribution in [3.8, 4) is 5.75 Å². The first kappa shape index (κ1) is 20.0. The van der Waals surface area contributed by atoms with Gasteiger partial charge in [-0.15, -0.1) is 0 Å². The summed E-state index contributed by atoms with van der Waals surface area (Å²) in [6.07, 6.45) is 0.666. The molecule has 0 aromatic heterocycles. The molecule has 1 aromatic carbocycles. The van der Waals surface area contributed by atoms with Gasteiger partial charge in [0, 0.05) is 56.9 Å². The first-order chi connectivity index (χ1) is 13.9. The summed E-state index contributed by atoms with van der Waals surface area (Å²) in [4.78, 5) is 31.1. The van der Waals surface area contributed by atoms with Gasteiger partial charge in [0.25, 0.3) is 0 Å². The van der Waals surface area contributed by atoms with E-state index in [0.29, 0.717) is 26.1 Å². The Labute approximate surface area is 171 Å². The summed E-state index contributed by atoms with van der Waals surface area (Å²) in [5, 5.41) is 0. The van der Waals surface area contributed by atoms with Gasteiger partial charge in [0.2, 0.25) is 11.8 Å². The quantitative estimate of drug-likeness (QED) is 0.699. The van der Waals surface area contributed by atoms with E-state index in [0.717, 1.165) is 24.5 Å². The number of carbonyl (C=O) groups is 2. The number of ether oxygens (including phenoxy) is 1. The fourth-order valence-electron chi connectivity index (χ4n) is 4.52. The molecule has 4 rings (SSSR count). The van der Waals surface area contributed by atoms with Crippen LogP contribution in [-0.4, -0.2) is 87.4 Å². The summed E-state index contributed by atoms with van der Waals surface area (Å²) in [5.74, 6) is 0.506. The van der Waals surface area contributed by atoms with Gasteiger partial charge >= 0.3 is 0 Å². The molecule has 2 atom stereocenters. The lowest BCUT2D eigenvalue weighted by atomic mass is 10.1. The van der Waals surface area contributed by atoms with E-state index in [1.54, 1.807) is 12.0 Å². The number of sulfone groups is 1. The van der Waals surface area contributed by atoms with Gasteiger partial charge in [-0.25, -0.2) is 8.42 Å². The Morgan fingerprint density at radius 3 is 2.59 bits per heavy atom. The number of piperazine rings is 1. The number of likely N-dealkylation sites (tertiary alicyclic amines) is 1. The van der Waals surface area contributed by atoms with E-state index in [4.69, 9.17) is 4.74 Å². The Bertz CT molecular complexity index is 895. The maximum absolute atomic E-state index is 13.0. The number of benzene rings is 1. The van der Waals surface area contributed by atoms with Gasteiger partial charge in [0.05, 0.1) is 24.5 Å². The zero-order chi connectivity index (χ0) is 20.6. The summed E-state index contributed by atoms with van der Waals surface area (Å²) in [7, 11) is -1.41. The molecule has 29 heavy (non-hydrogen) atoms. The zero-order valence-corrected chi connectivity index (χ0v) is 17.4. The van der Waals surface area contributed by atoms with Crippen LogP contribution in [0.2, 0.25) is 0 Å². The highest BCUT2D eigenvalue weighted by Gasteiger charge is 2.43. The molecule has 0 radical (unpaired) electrons. The molecule has 2 amide bonds. The number of hydrogen-bond acceptors (Lipinski definition) is 6. The first-order valence-corrected chi connectivity index (χ1v) is 11.9. The molecule has 3 heterocycles.